The van der Waals surface area contributed by atoms with Crippen LogP contribution >= 0.6 is 0 Å². The Hall–Kier alpha value is -1.60. The number of likely N-dealkylation sites (tertiary alicyclic amines) is 1. The van der Waals surface area contributed by atoms with Crippen molar-refractivity contribution in [1.82, 2.24) is 4.90 Å². The molecule has 0 aromatic heterocycles. The summed E-state index contributed by atoms with van der Waals surface area (Å²) >= 11 is 0. The van der Waals surface area contributed by atoms with Gasteiger partial charge in [0.15, 0.2) is 0 Å². The quantitative estimate of drug-likeness (QED) is 0.650. The lowest BCUT2D eigenvalue weighted by Gasteiger charge is -2.15. The highest BCUT2D eigenvalue weighted by Gasteiger charge is 2.11. The molecule has 1 fully saturated rings. The summed E-state index contributed by atoms with van der Waals surface area (Å²) in [6.45, 7) is 9.89. The fraction of sp³-hybridized carbons (Fsp3) is 0.400. The number of benzene rings is 1. The van der Waals surface area contributed by atoms with Crippen molar-refractivity contribution in [3.05, 3.63) is 71.8 Å². The van der Waals surface area contributed by atoms with Gasteiger partial charge >= 0.3 is 0 Å². The van der Waals surface area contributed by atoms with Crippen molar-refractivity contribution in [1.29, 1.82) is 0 Å². The highest BCUT2D eigenvalue weighted by Crippen LogP contribution is 2.13. The maximum Gasteiger partial charge on any atom is 0.0230 e. The van der Waals surface area contributed by atoms with Crippen LogP contribution in [-0.2, 0) is 6.42 Å². The highest BCUT2D eigenvalue weighted by molar-refractivity contribution is 5.28. The molecule has 1 aliphatic rings. The van der Waals surface area contributed by atoms with Gasteiger partial charge in [0.2, 0.25) is 0 Å². The summed E-state index contributed by atoms with van der Waals surface area (Å²) in [5.41, 5.74) is 3.99. The van der Waals surface area contributed by atoms with Gasteiger partial charge in [0.25, 0.3) is 0 Å². The first kappa shape index (κ1) is 15.8. The summed E-state index contributed by atoms with van der Waals surface area (Å²) < 4.78 is 0. The first-order valence-electron chi connectivity index (χ1n) is 8.05. The Morgan fingerprint density at radius 2 is 1.86 bits per heavy atom. The molecule has 0 amide bonds. The predicted octanol–water partition coefficient (Wildman–Crippen LogP) is 4.77. The highest BCUT2D eigenvalue weighted by atomic mass is 15.1. The van der Waals surface area contributed by atoms with Gasteiger partial charge < -0.3 is 0 Å². The van der Waals surface area contributed by atoms with E-state index in [-0.39, 0.29) is 0 Å². The molecular weight excluding hydrogens is 254 g/mol. The minimum atomic E-state index is 1.03. The molecular formula is C20H27N. The molecule has 1 aliphatic heterocycles. The number of rotatable bonds is 7. The van der Waals surface area contributed by atoms with E-state index in [1.807, 2.05) is 0 Å². The Morgan fingerprint density at radius 1 is 1.14 bits per heavy atom. The third kappa shape index (κ3) is 5.73. The van der Waals surface area contributed by atoms with Crippen LogP contribution in [0.5, 0.6) is 0 Å². The van der Waals surface area contributed by atoms with Crippen LogP contribution in [0.4, 0.5) is 0 Å². The molecule has 1 aromatic carbocycles. The molecule has 1 nitrogen and oxygen atoms in total. The second kappa shape index (κ2) is 8.63. The van der Waals surface area contributed by atoms with E-state index in [4.69, 9.17) is 0 Å². The van der Waals surface area contributed by atoms with Crippen LogP contribution in [0.25, 0.3) is 0 Å². The largest absolute Gasteiger partial charge is 0.299 e. The fourth-order valence-electron chi connectivity index (χ4n) is 2.70. The maximum absolute atomic E-state index is 4.18. The molecule has 0 atom stereocenters. The van der Waals surface area contributed by atoms with Crippen molar-refractivity contribution in [2.24, 2.45) is 0 Å². The Morgan fingerprint density at radius 3 is 2.52 bits per heavy atom. The van der Waals surface area contributed by atoms with Crippen molar-refractivity contribution in [2.45, 2.75) is 32.6 Å². The molecule has 0 saturated carbocycles. The molecule has 21 heavy (non-hydrogen) atoms. The summed E-state index contributed by atoms with van der Waals surface area (Å²) in [5, 5.41) is 0. The van der Waals surface area contributed by atoms with Gasteiger partial charge in [-0.15, -0.1) is 0 Å². The molecule has 2 rings (SSSR count). The van der Waals surface area contributed by atoms with Gasteiger partial charge in [0.1, 0.15) is 0 Å². The zero-order valence-electron chi connectivity index (χ0n) is 13.2. The molecule has 1 aromatic rings. The van der Waals surface area contributed by atoms with Gasteiger partial charge in [-0.05, 0) is 56.8 Å². The van der Waals surface area contributed by atoms with Gasteiger partial charge in [-0.25, -0.2) is 0 Å². The Kier molecular flexibility index (Phi) is 6.49. The normalized spacial score (nSPS) is 16.7. The van der Waals surface area contributed by atoms with E-state index in [0.717, 1.165) is 19.4 Å². The Bertz CT molecular complexity index is 490. The summed E-state index contributed by atoms with van der Waals surface area (Å²) in [5.74, 6) is 0. The van der Waals surface area contributed by atoms with Crippen LogP contribution in [0.3, 0.4) is 0 Å². The van der Waals surface area contributed by atoms with Gasteiger partial charge in [-0.1, -0.05) is 60.7 Å². The third-order valence-electron chi connectivity index (χ3n) is 4.09. The second-order valence-electron chi connectivity index (χ2n) is 5.82. The first-order chi connectivity index (χ1) is 10.3. The lowest BCUT2D eigenvalue weighted by atomic mass is 10.0. The number of nitrogens with zero attached hydrogens (tertiary/aromatic N) is 1. The molecule has 0 spiro atoms. The van der Waals surface area contributed by atoms with Gasteiger partial charge in [-0.2, -0.15) is 0 Å². The fourth-order valence-corrected chi connectivity index (χ4v) is 2.70. The van der Waals surface area contributed by atoms with Crippen LogP contribution < -0.4 is 0 Å². The van der Waals surface area contributed by atoms with Crippen molar-refractivity contribution in [2.75, 3.05) is 19.6 Å². The van der Waals surface area contributed by atoms with Gasteiger partial charge in [-0.3, -0.25) is 4.90 Å². The van der Waals surface area contributed by atoms with Crippen LogP contribution in [-0.4, -0.2) is 24.5 Å². The summed E-state index contributed by atoms with van der Waals surface area (Å²) in [6.07, 6.45) is 11.5. The van der Waals surface area contributed by atoms with Crippen molar-refractivity contribution in [3.63, 3.8) is 0 Å². The molecule has 0 unspecified atom stereocenters. The van der Waals surface area contributed by atoms with E-state index in [1.54, 1.807) is 0 Å². The Balaban J connectivity index is 1.77. The topological polar surface area (TPSA) is 3.24 Å². The molecule has 0 radical (unpaired) electrons. The van der Waals surface area contributed by atoms with Crippen molar-refractivity contribution >= 4 is 0 Å². The van der Waals surface area contributed by atoms with Crippen molar-refractivity contribution < 1.29 is 0 Å². The van der Waals surface area contributed by atoms with Gasteiger partial charge in [0.05, 0.1) is 0 Å². The van der Waals surface area contributed by atoms with Crippen LogP contribution in [0.2, 0.25) is 0 Å². The number of hydrogen-bond donors (Lipinski definition) is 0. The monoisotopic (exact) mass is 281 g/mol. The lowest BCUT2D eigenvalue weighted by Crippen LogP contribution is -2.21. The minimum absolute atomic E-state index is 1.03. The smallest absolute Gasteiger partial charge is 0.0230 e. The molecule has 112 valence electrons. The van der Waals surface area contributed by atoms with E-state index in [1.165, 1.54) is 42.6 Å². The number of aryl methyl sites for hydroxylation is 1. The van der Waals surface area contributed by atoms with Crippen LogP contribution in [0.15, 0.2) is 66.3 Å². The van der Waals surface area contributed by atoms with E-state index in [2.05, 4.69) is 67.0 Å². The zero-order valence-corrected chi connectivity index (χ0v) is 13.2. The lowest BCUT2D eigenvalue weighted by molar-refractivity contribution is 0.371. The molecule has 0 aliphatic carbocycles. The Labute approximate surface area is 129 Å². The summed E-state index contributed by atoms with van der Waals surface area (Å²) in [4.78, 5) is 2.53. The molecule has 1 heterocycles. The SMILES string of the molecule is C=C(/C=C\C(=C/C)CN1CCCC1)CCc1ccccc1. The molecule has 0 N–H and O–H groups in total. The summed E-state index contributed by atoms with van der Waals surface area (Å²) in [7, 11) is 0. The average molecular weight is 281 g/mol. The molecule has 1 heteroatoms. The minimum Gasteiger partial charge on any atom is -0.299 e. The zero-order chi connectivity index (χ0) is 14.9. The number of hydrogen-bond acceptors (Lipinski definition) is 1. The number of allylic oxidation sites excluding steroid dienone is 3. The van der Waals surface area contributed by atoms with E-state index in [9.17, 15) is 0 Å². The van der Waals surface area contributed by atoms with E-state index in [0.29, 0.717) is 0 Å². The predicted molar refractivity (Wildman–Crippen MR) is 92.5 cm³/mol. The maximum atomic E-state index is 4.18. The summed E-state index contributed by atoms with van der Waals surface area (Å²) in [6, 6.07) is 10.6. The van der Waals surface area contributed by atoms with E-state index < -0.39 is 0 Å². The third-order valence-corrected chi connectivity index (χ3v) is 4.09. The van der Waals surface area contributed by atoms with Crippen LogP contribution in [0.1, 0.15) is 31.7 Å². The molecule has 0 bridgehead atoms. The van der Waals surface area contributed by atoms with Crippen molar-refractivity contribution in [3.8, 4) is 0 Å². The standard InChI is InChI=1S/C20H27N/c1-3-19(17-21-15-7-8-16-21)13-11-18(2)12-14-20-9-5-4-6-10-20/h3-6,9-11,13H,2,7-8,12,14-17H2,1H3/b13-11-,19-3+. The second-order valence-corrected chi connectivity index (χ2v) is 5.82. The van der Waals surface area contributed by atoms with Gasteiger partial charge in [0, 0.05) is 6.54 Å². The first-order valence-corrected chi connectivity index (χ1v) is 8.05. The van der Waals surface area contributed by atoms with E-state index >= 15 is 0 Å². The van der Waals surface area contributed by atoms with Crippen LogP contribution in [0, 0.1) is 0 Å². The average Bonchev–Trinajstić information content (AvgIpc) is 3.03. The molecule has 1 saturated heterocycles.